The second-order valence-corrected chi connectivity index (χ2v) is 4.92. The van der Waals surface area contributed by atoms with Crippen LogP contribution in [-0.4, -0.2) is 17.2 Å². The van der Waals surface area contributed by atoms with E-state index in [9.17, 15) is 9.18 Å². The van der Waals surface area contributed by atoms with Gasteiger partial charge in [-0.25, -0.2) is 9.18 Å². The van der Waals surface area contributed by atoms with E-state index in [4.69, 9.17) is 20.9 Å². The van der Waals surface area contributed by atoms with Crippen LogP contribution < -0.4 is 0 Å². The van der Waals surface area contributed by atoms with Crippen molar-refractivity contribution in [1.82, 2.24) is 5.16 Å². The normalized spacial score (nSPS) is 10.9. The minimum atomic E-state index is -0.618. The molecule has 0 aliphatic heterocycles. The van der Waals surface area contributed by atoms with E-state index < -0.39 is 11.8 Å². The number of ether oxygens (including phenoxy) is 1. The zero-order valence-electron chi connectivity index (χ0n) is 11.2. The van der Waals surface area contributed by atoms with Gasteiger partial charge in [-0.05, 0) is 32.9 Å². The van der Waals surface area contributed by atoms with Crippen LogP contribution in [0.2, 0.25) is 5.02 Å². The first-order valence-corrected chi connectivity index (χ1v) is 6.41. The van der Waals surface area contributed by atoms with Crippen molar-refractivity contribution in [1.29, 1.82) is 0 Å². The third-order valence-electron chi connectivity index (χ3n) is 2.61. The molecule has 0 spiro atoms. The molecule has 1 aromatic heterocycles. The second-order valence-electron chi connectivity index (χ2n) is 4.51. The molecule has 0 aliphatic rings. The highest BCUT2D eigenvalue weighted by Crippen LogP contribution is 2.33. The van der Waals surface area contributed by atoms with Gasteiger partial charge in [0.25, 0.3) is 0 Å². The average Bonchev–Trinajstić information content (AvgIpc) is 2.70. The largest absolute Gasteiger partial charge is 0.459 e. The zero-order chi connectivity index (χ0) is 14.9. The molecule has 1 heterocycles. The van der Waals surface area contributed by atoms with Gasteiger partial charge in [-0.2, -0.15) is 0 Å². The van der Waals surface area contributed by atoms with Crippen LogP contribution in [0.1, 0.15) is 30.0 Å². The van der Waals surface area contributed by atoms with E-state index in [1.807, 2.05) is 0 Å². The van der Waals surface area contributed by atoms with E-state index in [1.165, 1.54) is 18.2 Å². The van der Waals surface area contributed by atoms with Gasteiger partial charge in [0, 0.05) is 0 Å². The molecule has 1 aromatic carbocycles. The number of hydrogen-bond donors (Lipinski definition) is 0. The number of benzene rings is 1. The number of rotatable bonds is 3. The number of aromatic nitrogens is 1. The molecule has 106 valence electrons. The molecule has 0 saturated heterocycles. The summed E-state index contributed by atoms with van der Waals surface area (Å²) in [6.07, 6.45) is -0.305. The van der Waals surface area contributed by atoms with Crippen LogP contribution >= 0.6 is 11.6 Å². The summed E-state index contributed by atoms with van der Waals surface area (Å²) in [5.74, 6) is -0.942. The van der Waals surface area contributed by atoms with E-state index in [0.29, 0.717) is 0 Å². The predicted octanol–water partition coefficient (Wildman–Crippen LogP) is 4.01. The van der Waals surface area contributed by atoms with E-state index in [-0.39, 0.29) is 33.7 Å². The fraction of sp³-hybridized carbons (Fsp3) is 0.286. The number of halogens is 2. The summed E-state index contributed by atoms with van der Waals surface area (Å²) < 4.78 is 24.0. The van der Waals surface area contributed by atoms with Crippen LogP contribution in [0, 0.1) is 12.7 Å². The Morgan fingerprint density at radius 3 is 2.75 bits per heavy atom. The highest BCUT2D eigenvalue weighted by molar-refractivity contribution is 6.33. The average molecular weight is 298 g/mol. The van der Waals surface area contributed by atoms with E-state index in [2.05, 4.69) is 5.16 Å². The molecule has 2 aromatic rings. The zero-order valence-corrected chi connectivity index (χ0v) is 12.0. The summed E-state index contributed by atoms with van der Waals surface area (Å²) in [4.78, 5) is 12.1. The van der Waals surface area contributed by atoms with Crippen molar-refractivity contribution < 1.29 is 18.4 Å². The smallest absolute Gasteiger partial charge is 0.344 e. The third-order valence-corrected chi connectivity index (χ3v) is 2.92. The second kappa shape index (κ2) is 5.63. The highest BCUT2D eigenvalue weighted by atomic mass is 35.5. The molecule has 6 heteroatoms. The fourth-order valence-electron chi connectivity index (χ4n) is 1.78. The molecular weight excluding hydrogens is 285 g/mol. The van der Waals surface area contributed by atoms with Gasteiger partial charge in [0.2, 0.25) is 0 Å². The first-order chi connectivity index (χ1) is 9.41. The summed E-state index contributed by atoms with van der Waals surface area (Å²) in [6.45, 7) is 5.00. The number of hydrogen-bond acceptors (Lipinski definition) is 4. The van der Waals surface area contributed by atoms with Gasteiger partial charge in [-0.1, -0.05) is 22.8 Å². The molecule has 0 fully saturated rings. The van der Waals surface area contributed by atoms with E-state index in [0.717, 1.165) is 0 Å². The molecule has 0 saturated carbocycles. The topological polar surface area (TPSA) is 52.3 Å². The Balaban J connectivity index is 2.57. The summed E-state index contributed by atoms with van der Waals surface area (Å²) in [5, 5.41) is 3.89. The summed E-state index contributed by atoms with van der Waals surface area (Å²) in [6, 6.07) is 4.23. The Bertz CT molecular complexity index is 632. The number of carbonyl (C=O) groups excluding carboxylic acids is 1. The molecule has 0 radical (unpaired) electrons. The molecule has 2 rings (SSSR count). The number of esters is 1. The molecule has 0 aliphatic carbocycles. The quantitative estimate of drug-likeness (QED) is 0.803. The monoisotopic (exact) mass is 297 g/mol. The molecule has 0 N–H and O–H groups in total. The van der Waals surface area contributed by atoms with Gasteiger partial charge in [-0.15, -0.1) is 0 Å². The van der Waals surface area contributed by atoms with Crippen molar-refractivity contribution in [3.05, 3.63) is 40.4 Å². The molecule has 4 nitrogen and oxygen atoms in total. The molecule has 0 bridgehead atoms. The Labute approximate surface area is 120 Å². The molecule has 0 unspecified atom stereocenters. The van der Waals surface area contributed by atoms with Crippen molar-refractivity contribution in [3.8, 4) is 11.3 Å². The maximum atomic E-state index is 13.9. The molecular formula is C14H13ClFNO3. The Morgan fingerprint density at radius 2 is 2.15 bits per heavy atom. The van der Waals surface area contributed by atoms with Crippen molar-refractivity contribution >= 4 is 17.6 Å². The van der Waals surface area contributed by atoms with Crippen LogP contribution in [0.3, 0.4) is 0 Å². The van der Waals surface area contributed by atoms with Gasteiger partial charge in [-0.3, -0.25) is 0 Å². The lowest BCUT2D eigenvalue weighted by molar-refractivity contribution is 0.0377. The van der Waals surface area contributed by atoms with Crippen molar-refractivity contribution in [2.45, 2.75) is 26.9 Å². The standard InChI is InChI=1S/C14H13ClFNO3/c1-7(2)19-14(18)11-8(3)20-17-13(11)12-9(15)5-4-6-10(12)16/h4-7H,1-3H3. The molecule has 0 atom stereocenters. The van der Waals surface area contributed by atoms with Gasteiger partial charge < -0.3 is 9.26 Å². The maximum Gasteiger partial charge on any atom is 0.344 e. The fourth-order valence-corrected chi connectivity index (χ4v) is 2.03. The van der Waals surface area contributed by atoms with Crippen LogP contribution in [0.15, 0.2) is 22.7 Å². The van der Waals surface area contributed by atoms with Gasteiger partial charge in [0.1, 0.15) is 22.8 Å². The van der Waals surface area contributed by atoms with E-state index in [1.54, 1.807) is 20.8 Å². The molecule has 0 amide bonds. The highest BCUT2D eigenvalue weighted by Gasteiger charge is 2.26. The Kier molecular flexibility index (Phi) is 4.09. The minimum absolute atomic E-state index is 0.0294. The third kappa shape index (κ3) is 2.67. The number of nitrogens with zero attached hydrogens (tertiary/aromatic N) is 1. The lowest BCUT2D eigenvalue weighted by Crippen LogP contribution is -2.13. The van der Waals surface area contributed by atoms with Crippen molar-refractivity contribution in [3.63, 3.8) is 0 Å². The minimum Gasteiger partial charge on any atom is -0.459 e. The first-order valence-electron chi connectivity index (χ1n) is 6.03. The number of carbonyl (C=O) groups is 1. The number of aryl methyl sites for hydroxylation is 1. The summed E-state index contributed by atoms with van der Waals surface area (Å²) >= 11 is 5.98. The van der Waals surface area contributed by atoms with Gasteiger partial charge in [0.05, 0.1) is 16.7 Å². The van der Waals surface area contributed by atoms with Crippen LogP contribution in [0.4, 0.5) is 4.39 Å². The lowest BCUT2D eigenvalue weighted by atomic mass is 10.1. The first kappa shape index (κ1) is 14.5. The van der Waals surface area contributed by atoms with Gasteiger partial charge in [0.15, 0.2) is 0 Å². The summed E-state index contributed by atoms with van der Waals surface area (Å²) in [7, 11) is 0. The van der Waals surface area contributed by atoms with Crippen molar-refractivity contribution in [2.24, 2.45) is 0 Å². The SMILES string of the molecule is Cc1onc(-c2c(F)cccc2Cl)c1C(=O)OC(C)C. The van der Waals surface area contributed by atoms with Crippen molar-refractivity contribution in [2.75, 3.05) is 0 Å². The van der Waals surface area contributed by atoms with Crippen LogP contribution in [0.25, 0.3) is 11.3 Å². The van der Waals surface area contributed by atoms with Gasteiger partial charge >= 0.3 is 5.97 Å². The predicted molar refractivity (Wildman–Crippen MR) is 72.2 cm³/mol. The Morgan fingerprint density at radius 1 is 1.45 bits per heavy atom. The lowest BCUT2D eigenvalue weighted by Gasteiger charge is -2.09. The van der Waals surface area contributed by atoms with Crippen LogP contribution in [0.5, 0.6) is 0 Å². The molecule has 20 heavy (non-hydrogen) atoms. The maximum absolute atomic E-state index is 13.9. The van der Waals surface area contributed by atoms with E-state index >= 15 is 0 Å². The Hall–Kier alpha value is -1.88. The summed E-state index contributed by atoms with van der Waals surface area (Å²) in [5.41, 5.74) is 0.170. The van der Waals surface area contributed by atoms with Crippen LogP contribution in [-0.2, 0) is 4.74 Å².